The normalized spacial score (nSPS) is 15.0. The second-order valence-electron chi connectivity index (χ2n) is 5.38. The fraction of sp³-hybridized carbons (Fsp3) is 0.400. The zero-order valence-corrected chi connectivity index (χ0v) is 13.3. The first-order valence-corrected chi connectivity index (χ1v) is 8.45. The van der Waals surface area contributed by atoms with E-state index >= 15 is 0 Å². The molecule has 1 fully saturated rings. The van der Waals surface area contributed by atoms with E-state index in [1.807, 2.05) is 0 Å². The summed E-state index contributed by atoms with van der Waals surface area (Å²) in [6, 6.07) is 6.74. The highest BCUT2D eigenvalue weighted by atomic mass is 32.2. The molecule has 0 radical (unpaired) electrons. The average Bonchev–Trinajstić information content (AvgIpc) is 3.16. The second-order valence-corrected chi connectivity index (χ2v) is 6.32. The number of hydrogen-bond acceptors (Lipinski definition) is 7. The molecule has 0 saturated heterocycles. The van der Waals surface area contributed by atoms with Crippen molar-refractivity contribution in [3.05, 3.63) is 24.3 Å². The van der Waals surface area contributed by atoms with Crippen LogP contribution in [0.1, 0.15) is 25.7 Å². The number of carbonyl (C=O) groups is 1. The molecule has 23 heavy (non-hydrogen) atoms. The lowest BCUT2D eigenvalue weighted by molar-refractivity contribution is -0.145. The summed E-state index contributed by atoms with van der Waals surface area (Å²) < 4.78 is 6.65. The molecule has 0 aliphatic heterocycles. The van der Waals surface area contributed by atoms with Gasteiger partial charge in [-0.15, -0.1) is 10.2 Å². The minimum Gasteiger partial charge on any atom is -0.507 e. The van der Waals surface area contributed by atoms with E-state index in [0.29, 0.717) is 16.5 Å². The number of benzene rings is 1. The first-order valence-electron chi connectivity index (χ1n) is 7.46. The zero-order chi connectivity index (χ0) is 16.2. The molecule has 1 aromatic heterocycles. The van der Waals surface area contributed by atoms with Crippen LogP contribution in [0.25, 0.3) is 11.4 Å². The van der Waals surface area contributed by atoms with Gasteiger partial charge in [0, 0.05) is 0 Å². The van der Waals surface area contributed by atoms with Crippen LogP contribution in [-0.4, -0.2) is 37.8 Å². The van der Waals surface area contributed by atoms with Crippen molar-refractivity contribution in [3.63, 3.8) is 0 Å². The van der Waals surface area contributed by atoms with Crippen molar-refractivity contribution in [1.29, 1.82) is 0 Å². The zero-order valence-electron chi connectivity index (χ0n) is 12.5. The van der Waals surface area contributed by atoms with Gasteiger partial charge in [-0.25, -0.2) is 4.68 Å². The van der Waals surface area contributed by atoms with Crippen molar-refractivity contribution >= 4 is 17.7 Å². The SMILES string of the molecule is Nn1c(SCC(=O)OC2CCCC2)nnc1-c1ccccc1O. The highest BCUT2D eigenvalue weighted by Gasteiger charge is 2.20. The van der Waals surface area contributed by atoms with Crippen molar-refractivity contribution in [1.82, 2.24) is 14.9 Å². The Morgan fingerprint density at radius 3 is 2.83 bits per heavy atom. The Hall–Kier alpha value is -2.22. The van der Waals surface area contributed by atoms with Gasteiger partial charge in [0.25, 0.3) is 0 Å². The molecular formula is C15H18N4O3S. The van der Waals surface area contributed by atoms with Crippen LogP contribution >= 0.6 is 11.8 Å². The highest BCUT2D eigenvalue weighted by Crippen LogP contribution is 2.28. The highest BCUT2D eigenvalue weighted by molar-refractivity contribution is 7.99. The Morgan fingerprint density at radius 1 is 1.35 bits per heavy atom. The maximum atomic E-state index is 11.8. The van der Waals surface area contributed by atoms with E-state index in [0.717, 1.165) is 25.7 Å². The molecule has 0 spiro atoms. The number of thioether (sulfide) groups is 1. The Bertz CT molecular complexity index is 698. The Labute approximate surface area is 137 Å². The molecule has 8 heteroatoms. The maximum Gasteiger partial charge on any atom is 0.316 e. The van der Waals surface area contributed by atoms with Gasteiger partial charge in [-0.1, -0.05) is 23.9 Å². The molecule has 3 rings (SSSR count). The lowest BCUT2D eigenvalue weighted by atomic mass is 10.2. The van der Waals surface area contributed by atoms with Gasteiger partial charge in [-0.3, -0.25) is 4.79 Å². The summed E-state index contributed by atoms with van der Waals surface area (Å²) in [5.41, 5.74) is 0.489. The van der Waals surface area contributed by atoms with Gasteiger partial charge < -0.3 is 15.7 Å². The first-order chi connectivity index (χ1) is 11.1. The summed E-state index contributed by atoms with van der Waals surface area (Å²) in [6.45, 7) is 0. The van der Waals surface area contributed by atoms with Crippen LogP contribution < -0.4 is 5.84 Å². The number of carbonyl (C=O) groups excluding carboxylic acids is 1. The number of aromatic nitrogens is 3. The van der Waals surface area contributed by atoms with Gasteiger partial charge in [0.1, 0.15) is 11.9 Å². The van der Waals surface area contributed by atoms with Crippen LogP contribution in [0.4, 0.5) is 0 Å². The fourth-order valence-electron chi connectivity index (χ4n) is 2.57. The van der Waals surface area contributed by atoms with Crippen molar-refractivity contribution in [2.24, 2.45) is 0 Å². The van der Waals surface area contributed by atoms with Crippen LogP contribution in [0.3, 0.4) is 0 Å². The number of aromatic hydroxyl groups is 1. The molecule has 0 amide bonds. The van der Waals surface area contributed by atoms with Crippen LogP contribution in [0.5, 0.6) is 5.75 Å². The molecule has 0 atom stereocenters. The average molecular weight is 334 g/mol. The number of rotatable bonds is 5. The van der Waals surface area contributed by atoms with E-state index < -0.39 is 0 Å². The van der Waals surface area contributed by atoms with E-state index in [9.17, 15) is 9.90 Å². The molecule has 1 aliphatic carbocycles. The van der Waals surface area contributed by atoms with Crippen molar-refractivity contribution < 1.29 is 14.6 Å². The standard InChI is InChI=1S/C15H18N4O3S/c16-19-14(11-7-3-4-8-12(11)20)17-18-15(19)23-9-13(21)22-10-5-1-2-6-10/h3-4,7-8,10,20H,1-2,5-6,9,16H2. The number of ether oxygens (including phenoxy) is 1. The molecule has 7 nitrogen and oxygen atoms in total. The molecule has 1 heterocycles. The largest absolute Gasteiger partial charge is 0.507 e. The predicted molar refractivity (Wildman–Crippen MR) is 86.3 cm³/mol. The van der Waals surface area contributed by atoms with Crippen LogP contribution in [0, 0.1) is 0 Å². The van der Waals surface area contributed by atoms with Gasteiger partial charge in [0.05, 0.1) is 11.3 Å². The maximum absolute atomic E-state index is 11.8. The lowest BCUT2D eigenvalue weighted by Crippen LogP contribution is -2.17. The smallest absolute Gasteiger partial charge is 0.316 e. The molecule has 2 aromatic rings. The molecule has 1 aliphatic rings. The van der Waals surface area contributed by atoms with Gasteiger partial charge >= 0.3 is 5.97 Å². The van der Waals surface area contributed by atoms with Crippen molar-refractivity contribution in [2.75, 3.05) is 11.6 Å². The third-order valence-corrected chi connectivity index (χ3v) is 4.65. The van der Waals surface area contributed by atoms with E-state index in [1.165, 1.54) is 16.4 Å². The minimum atomic E-state index is -0.269. The third-order valence-electron chi connectivity index (χ3n) is 3.73. The minimum absolute atomic E-state index is 0.0515. The van der Waals surface area contributed by atoms with E-state index in [4.69, 9.17) is 10.6 Å². The molecule has 0 bridgehead atoms. The molecule has 1 saturated carbocycles. The predicted octanol–water partition coefficient (Wildman–Crippen LogP) is 1.94. The number of esters is 1. The first kappa shape index (κ1) is 15.7. The van der Waals surface area contributed by atoms with Gasteiger partial charge in [-0.05, 0) is 37.8 Å². The molecule has 122 valence electrons. The van der Waals surface area contributed by atoms with Crippen LogP contribution in [0.15, 0.2) is 29.4 Å². The van der Waals surface area contributed by atoms with E-state index in [-0.39, 0.29) is 23.6 Å². The third kappa shape index (κ3) is 3.58. The van der Waals surface area contributed by atoms with Gasteiger partial charge in [0.2, 0.25) is 5.16 Å². The number of para-hydroxylation sites is 1. The summed E-state index contributed by atoms with van der Waals surface area (Å²) >= 11 is 1.17. The summed E-state index contributed by atoms with van der Waals surface area (Å²) in [7, 11) is 0. The van der Waals surface area contributed by atoms with Gasteiger partial charge in [-0.2, -0.15) is 0 Å². The molecule has 0 unspecified atom stereocenters. The molecular weight excluding hydrogens is 316 g/mol. The second kappa shape index (κ2) is 6.91. The van der Waals surface area contributed by atoms with E-state index in [1.54, 1.807) is 24.3 Å². The van der Waals surface area contributed by atoms with Crippen molar-refractivity contribution in [2.45, 2.75) is 36.9 Å². The fourth-order valence-corrected chi connectivity index (χ4v) is 3.21. The van der Waals surface area contributed by atoms with Crippen LogP contribution in [0.2, 0.25) is 0 Å². The lowest BCUT2D eigenvalue weighted by Gasteiger charge is -2.10. The topological polar surface area (TPSA) is 103 Å². The van der Waals surface area contributed by atoms with E-state index in [2.05, 4.69) is 10.2 Å². The number of phenols is 1. The Morgan fingerprint density at radius 2 is 2.09 bits per heavy atom. The number of nitrogen functional groups attached to an aromatic ring is 1. The number of phenolic OH excluding ortho intramolecular Hbond substituents is 1. The summed E-state index contributed by atoms with van der Waals surface area (Å²) in [4.78, 5) is 11.8. The Balaban J connectivity index is 1.63. The van der Waals surface area contributed by atoms with Gasteiger partial charge in [0.15, 0.2) is 5.82 Å². The van der Waals surface area contributed by atoms with Crippen LogP contribution in [-0.2, 0) is 9.53 Å². The summed E-state index contributed by atoms with van der Waals surface area (Å²) in [5, 5.41) is 18.2. The molecule has 3 N–H and O–H groups in total. The number of nitrogens with zero attached hydrogens (tertiary/aromatic N) is 3. The summed E-state index contributed by atoms with van der Waals surface area (Å²) in [6.07, 6.45) is 4.18. The molecule has 1 aromatic carbocycles. The Kier molecular flexibility index (Phi) is 4.71. The van der Waals surface area contributed by atoms with Crippen molar-refractivity contribution in [3.8, 4) is 17.1 Å². The number of nitrogens with two attached hydrogens (primary N) is 1. The summed E-state index contributed by atoms with van der Waals surface area (Å²) in [5.74, 6) is 6.24. The monoisotopic (exact) mass is 334 g/mol. The number of hydrogen-bond donors (Lipinski definition) is 2. The quantitative estimate of drug-likeness (QED) is 0.489.